The number of thiazole rings is 1. The van der Waals surface area contributed by atoms with Gasteiger partial charge in [-0.05, 0) is 27.7 Å². The Bertz CT molecular complexity index is 762. The van der Waals surface area contributed by atoms with Gasteiger partial charge in [0.05, 0.1) is 17.5 Å². The van der Waals surface area contributed by atoms with E-state index in [2.05, 4.69) is 66.6 Å². The molecule has 4 heteroatoms. The van der Waals surface area contributed by atoms with E-state index in [0.717, 1.165) is 17.2 Å². The number of nitrogens with zero attached hydrogens (tertiary/aromatic N) is 3. The van der Waals surface area contributed by atoms with Crippen molar-refractivity contribution in [1.82, 2.24) is 4.98 Å². The lowest BCUT2D eigenvalue weighted by molar-refractivity contribution is -0.403. The molecular formula is C18H22N3S+. The van der Waals surface area contributed by atoms with Crippen molar-refractivity contribution in [3.05, 3.63) is 40.4 Å². The molecule has 0 atom stereocenters. The lowest BCUT2D eigenvalue weighted by atomic mass is 9.80. The third kappa shape index (κ3) is 2.41. The van der Waals surface area contributed by atoms with E-state index >= 15 is 0 Å². The second-order valence-electron chi connectivity index (χ2n) is 6.30. The third-order valence-corrected chi connectivity index (χ3v) is 5.55. The second-order valence-corrected chi connectivity index (χ2v) is 7.48. The van der Waals surface area contributed by atoms with Gasteiger partial charge in [-0.1, -0.05) is 29.5 Å². The van der Waals surface area contributed by atoms with Crippen LogP contribution >= 0.6 is 11.3 Å². The Labute approximate surface area is 136 Å². The molecule has 0 N–H and O–H groups in total. The molecule has 1 aromatic heterocycles. The Hall–Kier alpha value is -1.81. The lowest BCUT2D eigenvalue weighted by Gasteiger charge is -2.16. The summed E-state index contributed by atoms with van der Waals surface area (Å²) in [5.74, 6) is 0. The molecule has 22 heavy (non-hydrogen) atoms. The molecule has 3 nitrogen and oxygen atoms in total. The molecule has 3 rings (SSSR count). The van der Waals surface area contributed by atoms with Gasteiger partial charge >= 0.3 is 0 Å². The minimum absolute atomic E-state index is 0.0477. The second kappa shape index (κ2) is 5.43. The van der Waals surface area contributed by atoms with E-state index in [0.29, 0.717) is 0 Å². The van der Waals surface area contributed by atoms with Crippen molar-refractivity contribution in [2.75, 3.05) is 7.05 Å². The molecule has 0 radical (unpaired) electrons. The SMILES string of the molecule is Cc1nc(N=CCC2=[N+](C)c3ccccc3C2(C)C)sc1C. The maximum Gasteiger partial charge on any atom is 0.209 e. The van der Waals surface area contributed by atoms with Crippen molar-refractivity contribution in [1.29, 1.82) is 0 Å². The number of fused-ring (bicyclic) bond motifs is 1. The Morgan fingerprint density at radius 2 is 2.00 bits per heavy atom. The molecule has 114 valence electrons. The molecule has 0 amide bonds. The van der Waals surface area contributed by atoms with Gasteiger partial charge in [0.2, 0.25) is 10.8 Å². The van der Waals surface area contributed by atoms with E-state index < -0.39 is 0 Å². The quantitative estimate of drug-likeness (QED) is 0.603. The van der Waals surface area contributed by atoms with Crippen molar-refractivity contribution >= 4 is 34.1 Å². The molecule has 2 aromatic rings. The van der Waals surface area contributed by atoms with Crippen LogP contribution in [0.4, 0.5) is 10.8 Å². The zero-order valence-corrected chi connectivity index (χ0v) is 14.7. The lowest BCUT2D eigenvalue weighted by Crippen LogP contribution is -2.28. The Kier molecular flexibility index (Phi) is 3.73. The minimum Gasteiger partial charge on any atom is -0.232 e. The summed E-state index contributed by atoms with van der Waals surface area (Å²) in [6, 6.07) is 8.63. The van der Waals surface area contributed by atoms with Gasteiger partial charge < -0.3 is 0 Å². The van der Waals surface area contributed by atoms with Crippen LogP contribution in [-0.2, 0) is 5.41 Å². The summed E-state index contributed by atoms with van der Waals surface area (Å²) in [5, 5.41) is 0.853. The van der Waals surface area contributed by atoms with Crippen LogP contribution in [0, 0.1) is 13.8 Å². The fourth-order valence-electron chi connectivity index (χ4n) is 3.13. The van der Waals surface area contributed by atoms with Crippen molar-refractivity contribution in [3.8, 4) is 0 Å². The summed E-state index contributed by atoms with van der Waals surface area (Å²) in [4.78, 5) is 10.3. The van der Waals surface area contributed by atoms with Crippen LogP contribution < -0.4 is 0 Å². The van der Waals surface area contributed by atoms with E-state index in [1.54, 1.807) is 11.3 Å². The summed E-state index contributed by atoms with van der Waals surface area (Å²) in [6.07, 6.45) is 2.84. The highest BCUT2D eigenvalue weighted by Crippen LogP contribution is 2.39. The molecule has 0 aliphatic carbocycles. The highest BCUT2D eigenvalue weighted by molar-refractivity contribution is 7.15. The van der Waals surface area contributed by atoms with Crippen LogP contribution in [0.3, 0.4) is 0 Å². The first-order valence-corrected chi connectivity index (χ1v) is 8.39. The van der Waals surface area contributed by atoms with Crippen LogP contribution in [0.1, 0.15) is 36.4 Å². The predicted molar refractivity (Wildman–Crippen MR) is 94.7 cm³/mol. The van der Waals surface area contributed by atoms with E-state index in [9.17, 15) is 0 Å². The molecule has 0 saturated carbocycles. The molecule has 1 aromatic carbocycles. The molecule has 1 aliphatic rings. The van der Waals surface area contributed by atoms with Gasteiger partial charge in [-0.2, -0.15) is 0 Å². The van der Waals surface area contributed by atoms with Crippen molar-refractivity contribution < 1.29 is 4.58 Å². The van der Waals surface area contributed by atoms with Gasteiger partial charge in [0, 0.05) is 22.7 Å². The zero-order valence-electron chi connectivity index (χ0n) is 13.8. The van der Waals surface area contributed by atoms with Gasteiger partial charge in [0.15, 0.2) is 5.71 Å². The molecule has 0 saturated heterocycles. The highest BCUT2D eigenvalue weighted by Gasteiger charge is 2.43. The predicted octanol–water partition coefficient (Wildman–Crippen LogP) is 4.56. The number of aryl methyl sites for hydroxylation is 2. The van der Waals surface area contributed by atoms with Gasteiger partial charge in [-0.3, -0.25) is 0 Å². The summed E-state index contributed by atoms with van der Waals surface area (Å²) in [7, 11) is 2.15. The van der Waals surface area contributed by atoms with Crippen LogP contribution in [0.25, 0.3) is 0 Å². The smallest absolute Gasteiger partial charge is 0.209 e. The van der Waals surface area contributed by atoms with Gasteiger partial charge in [0.25, 0.3) is 0 Å². The zero-order chi connectivity index (χ0) is 15.9. The molecule has 0 unspecified atom stereocenters. The van der Waals surface area contributed by atoms with Gasteiger partial charge in [-0.25, -0.2) is 14.6 Å². The maximum atomic E-state index is 4.55. The fraction of sp³-hybridized carbons (Fsp3) is 0.389. The van der Waals surface area contributed by atoms with Crippen molar-refractivity contribution in [2.24, 2.45) is 4.99 Å². The maximum absolute atomic E-state index is 4.55. The molecule has 0 spiro atoms. The van der Waals surface area contributed by atoms with E-state index in [4.69, 9.17) is 0 Å². The van der Waals surface area contributed by atoms with Crippen LogP contribution in [0.5, 0.6) is 0 Å². The molecular weight excluding hydrogens is 290 g/mol. The van der Waals surface area contributed by atoms with E-state index in [1.165, 1.54) is 21.8 Å². The Balaban J connectivity index is 1.85. The summed E-state index contributed by atoms with van der Waals surface area (Å²) in [5.41, 5.74) is 5.20. The van der Waals surface area contributed by atoms with Crippen LogP contribution in [0.2, 0.25) is 0 Å². The topological polar surface area (TPSA) is 28.3 Å². The minimum atomic E-state index is 0.0477. The summed E-state index contributed by atoms with van der Waals surface area (Å²) >= 11 is 1.65. The molecule has 0 bridgehead atoms. The van der Waals surface area contributed by atoms with E-state index in [-0.39, 0.29) is 5.41 Å². The number of hydrogen-bond donors (Lipinski definition) is 0. The summed E-state index contributed by atoms with van der Waals surface area (Å²) < 4.78 is 2.31. The Morgan fingerprint density at radius 3 is 2.64 bits per heavy atom. The standard InChI is InChI=1S/C18H22N3S/c1-12-13(2)22-17(20-12)19-11-10-16-18(3,4)14-8-6-7-9-15(14)21(16)5/h6-9,11H,10H2,1-5H3/q+1. The van der Waals surface area contributed by atoms with Crippen molar-refractivity contribution in [2.45, 2.75) is 39.5 Å². The first kappa shape index (κ1) is 15.1. The summed E-state index contributed by atoms with van der Waals surface area (Å²) in [6.45, 7) is 8.70. The third-order valence-electron chi connectivity index (χ3n) is 4.57. The first-order valence-electron chi connectivity index (χ1n) is 7.57. The van der Waals surface area contributed by atoms with Crippen LogP contribution in [0.15, 0.2) is 29.3 Å². The van der Waals surface area contributed by atoms with Crippen LogP contribution in [-0.4, -0.2) is 28.5 Å². The largest absolute Gasteiger partial charge is 0.232 e. The average molecular weight is 312 g/mol. The number of aromatic nitrogens is 1. The average Bonchev–Trinajstić information content (AvgIpc) is 2.89. The number of benzene rings is 1. The van der Waals surface area contributed by atoms with Gasteiger partial charge in [0.1, 0.15) is 7.05 Å². The number of hydrogen-bond acceptors (Lipinski definition) is 3. The number of aliphatic imine (C=N–C) groups is 1. The molecule has 0 fully saturated rings. The van der Waals surface area contributed by atoms with E-state index in [1.807, 2.05) is 13.1 Å². The number of rotatable bonds is 3. The molecule has 1 aliphatic heterocycles. The Morgan fingerprint density at radius 1 is 1.27 bits per heavy atom. The first-order chi connectivity index (χ1) is 10.4. The normalized spacial score (nSPS) is 16.6. The highest BCUT2D eigenvalue weighted by atomic mass is 32.1. The number of para-hydroxylation sites is 1. The molecule has 2 heterocycles. The van der Waals surface area contributed by atoms with Gasteiger partial charge in [-0.15, -0.1) is 0 Å². The fourth-order valence-corrected chi connectivity index (χ4v) is 3.91. The van der Waals surface area contributed by atoms with Crippen molar-refractivity contribution in [3.63, 3.8) is 0 Å². The monoisotopic (exact) mass is 312 g/mol.